The highest BCUT2D eigenvalue weighted by atomic mass is 16.5. The van der Waals surface area contributed by atoms with Crippen molar-refractivity contribution in [2.75, 3.05) is 13.7 Å². The van der Waals surface area contributed by atoms with Crippen LogP contribution in [-0.4, -0.2) is 47.9 Å². The van der Waals surface area contributed by atoms with E-state index in [-0.39, 0.29) is 11.9 Å². The minimum Gasteiger partial charge on any atom is -0.493 e. The van der Waals surface area contributed by atoms with Gasteiger partial charge >= 0.3 is 0 Å². The van der Waals surface area contributed by atoms with Gasteiger partial charge in [0.1, 0.15) is 6.61 Å². The van der Waals surface area contributed by atoms with Crippen LogP contribution in [0, 0.1) is 0 Å². The summed E-state index contributed by atoms with van der Waals surface area (Å²) in [6.45, 7) is 0.720. The van der Waals surface area contributed by atoms with Crippen LogP contribution < -0.4 is 9.47 Å². The van der Waals surface area contributed by atoms with Gasteiger partial charge in [-0.05, 0) is 11.6 Å². The molecule has 0 aromatic heterocycles. The van der Waals surface area contributed by atoms with E-state index in [1.54, 1.807) is 30.4 Å². The van der Waals surface area contributed by atoms with Crippen LogP contribution in [0.3, 0.4) is 0 Å². The molecule has 2 aromatic rings. The first-order valence-corrected chi connectivity index (χ1v) is 8.57. The molecule has 2 aliphatic heterocycles. The normalized spacial score (nSPS) is 21.2. The predicted molar refractivity (Wildman–Crippen MR) is 97.4 cm³/mol. The van der Waals surface area contributed by atoms with Crippen LogP contribution in [0.1, 0.15) is 22.3 Å². The Kier molecular flexibility index (Phi) is 4.34. The second kappa shape index (κ2) is 6.80. The van der Waals surface area contributed by atoms with E-state index in [1.165, 1.54) is 0 Å². The van der Waals surface area contributed by atoms with Crippen molar-refractivity contribution in [3.63, 3.8) is 0 Å². The molecule has 2 aliphatic rings. The molecule has 134 valence electrons. The Labute approximate surface area is 151 Å². The van der Waals surface area contributed by atoms with Crippen molar-refractivity contribution in [1.82, 2.24) is 4.90 Å². The molecule has 2 atom stereocenters. The Morgan fingerprint density at radius 1 is 1.23 bits per heavy atom. The standard InChI is InChI=1S/C20H20N2O4/c1-25-18-8-16-17(9-19(18)26-12-13-5-3-2-4-6-13)21-10-14-7-15(23)11-22(14)20(16)24/h2-6,8-10,14-15,23H,7,11-12H2,1H3/t14-,15+/m0/s1. The van der Waals surface area contributed by atoms with Crippen molar-refractivity contribution in [3.05, 3.63) is 53.6 Å². The quantitative estimate of drug-likeness (QED) is 0.918. The number of amides is 1. The van der Waals surface area contributed by atoms with Gasteiger partial charge in [0.25, 0.3) is 5.91 Å². The summed E-state index contributed by atoms with van der Waals surface area (Å²) in [5.41, 5.74) is 2.06. The number of carbonyl (C=O) groups excluding carboxylic acids is 1. The lowest BCUT2D eigenvalue weighted by molar-refractivity contribution is 0.0749. The molecule has 2 aromatic carbocycles. The number of rotatable bonds is 4. The number of fused-ring (bicyclic) bond motifs is 2. The summed E-state index contributed by atoms with van der Waals surface area (Å²) in [5.74, 6) is 0.885. The second-order valence-corrected chi connectivity index (χ2v) is 6.49. The number of nitrogens with zero attached hydrogens (tertiary/aromatic N) is 2. The van der Waals surface area contributed by atoms with E-state index in [4.69, 9.17) is 9.47 Å². The van der Waals surface area contributed by atoms with Gasteiger partial charge in [0.15, 0.2) is 11.5 Å². The first kappa shape index (κ1) is 16.6. The number of carbonyl (C=O) groups is 1. The lowest BCUT2D eigenvalue weighted by Gasteiger charge is -2.20. The van der Waals surface area contributed by atoms with Crippen LogP contribution in [0.2, 0.25) is 0 Å². The van der Waals surface area contributed by atoms with E-state index in [2.05, 4.69) is 4.99 Å². The summed E-state index contributed by atoms with van der Waals surface area (Å²) >= 11 is 0. The molecule has 0 unspecified atom stereocenters. The highest BCUT2D eigenvalue weighted by Crippen LogP contribution is 2.38. The summed E-state index contributed by atoms with van der Waals surface area (Å²) in [4.78, 5) is 19.0. The van der Waals surface area contributed by atoms with Crippen LogP contribution in [0.5, 0.6) is 11.5 Å². The number of aliphatic imine (C=N–C) groups is 1. The third-order valence-corrected chi connectivity index (χ3v) is 4.72. The molecule has 6 heteroatoms. The molecule has 1 amide bonds. The number of hydrogen-bond acceptors (Lipinski definition) is 5. The van der Waals surface area contributed by atoms with E-state index in [0.717, 1.165) is 5.56 Å². The average Bonchev–Trinajstić information content (AvgIpc) is 3.00. The third-order valence-electron chi connectivity index (χ3n) is 4.72. The van der Waals surface area contributed by atoms with Gasteiger partial charge < -0.3 is 19.5 Å². The summed E-state index contributed by atoms with van der Waals surface area (Å²) in [5, 5.41) is 9.84. The van der Waals surface area contributed by atoms with Crippen LogP contribution in [0.4, 0.5) is 5.69 Å². The predicted octanol–water partition coefficient (Wildman–Crippen LogP) is 2.57. The molecule has 6 nitrogen and oxygen atoms in total. The summed E-state index contributed by atoms with van der Waals surface area (Å²) < 4.78 is 11.3. The zero-order valence-corrected chi connectivity index (χ0v) is 14.5. The second-order valence-electron chi connectivity index (χ2n) is 6.49. The van der Waals surface area contributed by atoms with Crippen molar-refractivity contribution >= 4 is 17.8 Å². The van der Waals surface area contributed by atoms with Gasteiger partial charge in [0, 0.05) is 25.2 Å². The maximum atomic E-state index is 12.9. The van der Waals surface area contributed by atoms with E-state index in [0.29, 0.717) is 42.3 Å². The van der Waals surface area contributed by atoms with Crippen molar-refractivity contribution in [1.29, 1.82) is 0 Å². The number of benzene rings is 2. The van der Waals surface area contributed by atoms with Crippen LogP contribution >= 0.6 is 0 Å². The highest BCUT2D eigenvalue weighted by Gasteiger charge is 2.36. The fourth-order valence-corrected chi connectivity index (χ4v) is 3.37. The van der Waals surface area contributed by atoms with Crippen molar-refractivity contribution in [3.8, 4) is 11.5 Å². The average molecular weight is 352 g/mol. The zero-order valence-electron chi connectivity index (χ0n) is 14.5. The van der Waals surface area contributed by atoms with Gasteiger partial charge in [-0.1, -0.05) is 30.3 Å². The molecule has 0 saturated carbocycles. The minimum absolute atomic E-state index is 0.146. The number of aliphatic hydroxyl groups excluding tert-OH is 1. The molecule has 0 radical (unpaired) electrons. The summed E-state index contributed by atoms with van der Waals surface area (Å²) in [6.07, 6.45) is 1.73. The van der Waals surface area contributed by atoms with Gasteiger partial charge in [0.2, 0.25) is 0 Å². The van der Waals surface area contributed by atoms with E-state index in [9.17, 15) is 9.90 Å². The maximum Gasteiger partial charge on any atom is 0.256 e. The molecule has 4 rings (SSSR count). The van der Waals surface area contributed by atoms with E-state index >= 15 is 0 Å². The van der Waals surface area contributed by atoms with Gasteiger partial charge in [-0.2, -0.15) is 0 Å². The number of hydrogen-bond donors (Lipinski definition) is 1. The van der Waals surface area contributed by atoms with Crippen molar-refractivity contribution < 1.29 is 19.4 Å². The molecular weight excluding hydrogens is 332 g/mol. The smallest absolute Gasteiger partial charge is 0.256 e. The Hall–Kier alpha value is -2.86. The van der Waals surface area contributed by atoms with Crippen LogP contribution in [0.25, 0.3) is 0 Å². The topological polar surface area (TPSA) is 71.4 Å². The Morgan fingerprint density at radius 2 is 2.04 bits per heavy atom. The van der Waals surface area contributed by atoms with Crippen LogP contribution in [-0.2, 0) is 6.61 Å². The lowest BCUT2D eigenvalue weighted by Crippen LogP contribution is -2.35. The van der Waals surface area contributed by atoms with Crippen molar-refractivity contribution in [2.45, 2.75) is 25.2 Å². The first-order valence-electron chi connectivity index (χ1n) is 8.57. The van der Waals surface area contributed by atoms with Gasteiger partial charge in [-0.3, -0.25) is 9.79 Å². The van der Waals surface area contributed by atoms with E-state index in [1.807, 2.05) is 30.3 Å². The third kappa shape index (κ3) is 3.04. The zero-order chi connectivity index (χ0) is 18.1. The SMILES string of the molecule is COc1cc2c(cc1OCc1ccccc1)N=C[C@@H]1C[C@@H](O)CN1C2=O. The molecule has 1 N–H and O–H groups in total. The number of methoxy groups -OCH3 is 1. The molecule has 26 heavy (non-hydrogen) atoms. The molecular formula is C20H20N2O4. The minimum atomic E-state index is -0.507. The first-order chi connectivity index (χ1) is 12.7. The fourth-order valence-electron chi connectivity index (χ4n) is 3.37. The Balaban J connectivity index is 1.65. The number of aliphatic hydroxyl groups is 1. The number of ether oxygens (including phenoxy) is 2. The van der Waals surface area contributed by atoms with Crippen molar-refractivity contribution in [2.24, 2.45) is 4.99 Å². The van der Waals surface area contributed by atoms with Gasteiger partial charge in [-0.25, -0.2) is 0 Å². The maximum absolute atomic E-state index is 12.9. The molecule has 0 bridgehead atoms. The van der Waals surface area contributed by atoms with Gasteiger partial charge in [-0.15, -0.1) is 0 Å². The molecule has 1 saturated heterocycles. The van der Waals surface area contributed by atoms with Crippen LogP contribution in [0.15, 0.2) is 47.5 Å². The lowest BCUT2D eigenvalue weighted by atomic mass is 10.1. The largest absolute Gasteiger partial charge is 0.493 e. The fraction of sp³-hybridized carbons (Fsp3) is 0.300. The Morgan fingerprint density at radius 3 is 2.81 bits per heavy atom. The Bertz CT molecular complexity index is 850. The molecule has 1 fully saturated rings. The highest BCUT2D eigenvalue weighted by molar-refractivity contribution is 6.03. The van der Waals surface area contributed by atoms with Gasteiger partial charge in [0.05, 0.1) is 30.5 Å². The monoisotopic (exact) mass is 352 g/mol. The molecule has 2 heterocycles. The molecule has 0 spiro atoms. The summed E-state index contributed by atoms with van der Waals surface area (Å²) in [7, 11) is 1.55. The van der Waals surface area contributed by atoms with E-state index < -0.39 is 6.10 Å². The molecule has 0 aliphatic carbocycles. The summed E-state index contributed by atoms with van der Waals surface area (Å²) in [6, 6.07) is 13.1.